The van der Waals surface area contributed by atoms with Crippen LogP contribution >= 0.6 is 15.9 Å². The molecule has 746 valence electrons. The Bertz CT molecular complexity index is 7810. The van der Waals surface area contributed by atoms with E-state index in [9.17, 15) is 66.9 Å². The van der Waals surface area contributed by atoms with Crippen LogP contribution in [0.15, 0.2) is 237 Å². The number of esters is 2. The minimum Gasteiger partial charge on any atom is -0.461 e. The number of aliphatic hydroxyl groups excluding tert-OH is 2. The van der Waals surface area contributed by atoms with E-state index in [1.807, 2.05) is 111 Å². The van der Waals surface area contributed by atoms with Crippen LogP contribution in [0, 0.1) is 23.3 Å². The van der Waals surface area contributed by atoms with Gasteiger partial charge in [-0.2, -0.15) is 39.1 Å². The number of benzene rings is 8. The number of carbonyl (C=O) groups excluding carboxylic acids is 6. The van der Waals surface area contributed by atoms with Crippen molar-refractivity contribution in [2.24, 2.45) is 22.9 Å². The summed E-state index contributed by atoms with van der Waals surface area (Å²) in [6.07, 6.45) is 11.2. The number of hydrogen-bond donors (Lipinski definition) is 6. The molecule has 0 aliphatic carbocycles. The Morgan fingerprint density at radius 2 is 0.639 bits per heavy atom. The summed E-state index contributed by atoms with van der Waals surface area (Å²) in [7, 11) is -0.761. The minimum atomic E-state index is -0.761. The van der Waals surface area contributed by atoms with Crippen molar-refractivity contribution in [1.82, 2.24) is 39.1 Å². The second-order valence-electron chi connectivity index (χ2n) is 39.0. The number of aromatic nitrogens is 8. The molecule has 0 saturated carbocycles. The monoisotopic (exact) mass is 2030 g/mol. The van der Waals surface area contributed by atoms with Crippen LogP contribution in [0.5, 0.6) is 0 Å². The molecule has 8 aromatic heterocycles. The fourth-order valence-corrected chi connectivity index (χ4v) is 16.0. The molecule has 17 rings (SSSR count). The maximum Gasteiger partial charge on any atom is 0.495 e. The van der Waals surface area contributed by atoms with E-state index < -0.39 is 113 Å². The third-order valence-electron chi connectivity index (χ3n) is 24.3. The van der Waals surface area contributed by atoms with E-state index in [0.29, 0.717) is 88.3 Å². The highest BCUT2D eigenvalue weighted by Gasteiger charge is 2.53. The smallest absolute Gasteiger partial charge is 0.461 e. The number of nitrogens with two attached hydrogens (primary N) is 4. The summed E-state index contributed by atoms with van der Waals surface area (Å²) >= 11 is 3.10. The molecule has 144 heavy (non-hydrogen) atoms. The van der Waals surface area contributed by atoms with Gasteiger partial charge in [0.1, 0.15) is 42.7 Å². The van der Waals surface area contributed by atoms with E-state index in [0.717, 1.165) is 45.5 Å². The number of rotatable bonds is 18. The van der Waals surface area contributed by atoms with E-state index in [-0.39, 0.29) is 96.5 Å². The largest absolute Gasteiger partial charge is 0.495 e. The molecule has 9 heterocycles. The standard InChI is InChI=1S/C27H32BFN2O5.C26H24FN3O5.2C24H22FN3O4.C5H4BrNO2/c1-16(32)34-15-19-20(28-35-26(5,6)27(7,8)36-28)10-9-11-22(19)31-24(33)23-17(14-30-31)12-18(13-21(23)29)25(2,3)4;1-14(31)34-13-19-18(16-9-22(24(28)32)35-12-16)6-5-7-21(19)30-25(33)23-15(11-29-30)8-17(10-20(23)27)26(2,3)4;2*1-24(2,3)15-7-13-10-27-28(23(31)21(13)18(25)9-15)19-6-4-5-16(17(19)11-29)14-8-20(22(26)30)32-12-14;6-3-1-4(5(7)8)9-2-3/h9-14H,15H2,1-8H3;5-12H,13H2,1-4H3,(H2,28,32);2*4-10,12,29H,11H2,1-3H3,(H2,26,30);1-2H,(H2,7,8). The lowest BCUT2D eigenvalue weighted by Gasteiger charge is -2.32. The second-order valence-corrected chi connectivity index (χ2v) is 40.0. The van der Waals surface area contributed by atoms with E-state index in [1.54, 1.807) is 97.1 Å². The van der Waals surface area contributed by atoms with Gasteiger partial charge in [-0.3, -0.25) is 47.9 Å². The predicted molar refractivity (Wildman–Crippen MR) is 536 cm³/mol. The van der Waals surface area contributed by atoms with Gasteiger partial charge in [-0.25, -0.2) is 17.6 Å². The lowest BCUT2D eigenvalue weighted by atomic mass is 9.75. The van der Waals surface area contributed by atoms with Crippen LogP contribution in [0.25, 0.3) is 99.2 Å². The van der Waals surface area contributed by atoms with Gasteiger partial charge in [0.2, 0.25) is 0 Å². The number of nitrogens with zero attached hydrogens (tertiary/aromatic N) is 8. The van der Waals surface area contributed by atoms with Crippen molar-refractivity contribution in [3.8, 4) is 56.1 Å². The van der Waals surface area contributed by atoms with Crippen molar-refractivity contribution in [1.29, 1.82) is 0 Å². The van der Waals surface area contributed by atoms with Crippen LogP contribution in [0.4, 0.5) is 17.6 Å². The lowest BCUT2D eigenvalue weighted by molar-refractivity contribution is -0.143. The fraction of sp³-hybridized carbons (Fsp3) is 0.264. The van der Waals surface area contributed by atoms with Crippen molar-refractivity contribution in [3.05, 3.63) is 332 Å². The molecule has 1 fully saturated rings. The molecule has 0 radical (unpaired) electrons. The third kappa shape index (κ3) is 22.5. The van der Waals surface area contributed by atoms with Gasteiger partial charge in [0.15, 0.2) is 23.0 Å². The number of primary amides is 4. The van der Waals surface area contributed by atoms with Crippen LogP contribution in [-0.2, 0) is 76.5 Å². The van der Waals surface area contributed by atoms with Gasteiger partial charge < -0.3 is 69.6 Å². The van der Waals surface area contributed by atoms with Gasteiger partial charge in [-0.05, 0) is 201 Å². The summed E-state index contributed by atoms with van der Waals surface area (Å²) in [6.45, 7) is 32.7. The molecule has 1 saturated heterocycles. The molecule has 0 unspecified atom stereocenters. The van der Waals surface area contributed by atoms with Crippen molar-refractivity contribution < 1.29 is 93.0 Å². The van der Waals surface area contributed by atoms with Crippen molar-refractivity contribution in [2.75, 3.05) is 0 Å². The van der Waals surface area contributed by atoms with E-state index in [1.165, 1.54) is 112 Å². The number of halogens is 5. The molecule has 1 aliphatic heterocycles. The fourth-order valence-electron chi connectivity index (χ4n) is 15.7. The van der Waals surface area contributed by atoms with Crippen molar-refractivity contribution >= 4 is 107 Å². The maximum atomic E-state index is 15.2. The zero-order chi connectivity index (χ0) is 105. The number of fused-ring (bicyclic) bond motifs is 4. The Morgan fingerprint density at radius 3 is 0.889 bits per heavy atom. The highest BCUT2D eigenvalue weighted by molar-refractivity contribution is 9.10. The Kier molecular flexibility index (Phi) is 30.5. The van der Waals surface area contributed by atoms with Crippen LogP contribution in [0.2, 0.25) is 0 Å². The number of hydrogen-bond acceptors (Lipinski definition) is 24. The number of amides is 4. The first-order valence-electron chi connectivity index (χ1n) is 44.9. The average molecular weight is 2030 g/mol. The Balaban J connectivity index is 0.000000156. The van der Waals surface area contributed by atoms with Gasteiger partial charge >= 0.3 is 19.1 Å². The molecular weight excluding hydrogens is 1930 g/mol. The van der Waals surface area contributed by atoms with E-state index in [2.05, 4.69) is 36.3 Å². The van der Waals surface area contributed by atoms with Gasteiger partial charge in [0.05, 0.1) is 117 Å². The average Bonchev–Trinajstić information content (AvgIpc) is 1.04. The maximum absolute atomic E-state index is 15.2. The van der Waals surface area contributed by atoms with Gasteiger partial charge in [0, 0.05) is 80.4 Å². The van der Waals surface area contributed by atoms with Crippen molar-refractivity contribution in [3.63, 3.8) is 0 Å². The summed E-state index contributed by atoms with van der Waals surface area (Å²) in [5.41, 5.74) is 25.3. The molecule has 1 aliphatic rings. The third-order valence-corrected chi connectivity index (χ3v) is 24.7. The molecule has 32 nitrogen and oxygen atoms in total. The first-order chi connectivity index (χ1) is 67.5. The highest BCUT2D eigenvalue weighted by atomic mass is 79.9. The van der Waals surface area contributed by atoms with Crippen LogP contribution in [-0.4, -0.2) is 103 Å². The molecule has 8 aromatic carbocycles. The summed E-state index contributed by atoms with van der Waals surface area (Å²) in [5, 5.41) is 38.6. The van der Waals surface area contributed by atoms with Crippen LogP contribution < -0.4 is 50.6 Å². The topological polar surface area (TPSA) is 476 Å². The molecule has 0 atom stereocenters. The summed E-state index contributed by atoms with van der Waals surface area (Å²) in [5.74, 6) is -6.23. The first kappa shape index (κ1) is 106. The quantitative estimate of drug-likeness (QED) is 0.0264. The molecule has 10 N–H and O–H groups in total. The van der Waals surface area contributed by atoms with Crippen LogP contribution in [0.1, 0.15) is 211 Å². The van der Waals surface area contributed by atoms with E-state index >= 15 is 8.78 Å². The Morgan fingerprint density at radius 1 is 0.382 bits per heavy atom. The Hall–Kier alpha value is -15.6. The molecule has 0 bridgehead atoms. The van der Waals surface area contributed by atoms with E-state index in [4.69, 9.17) is 59.4 Å². The Labute approximate surface area is 829 Å². The molecular formula is C106H104BBrF4N12O20. The zero-order valence-electron chi connectivity index (χ0n) is 81.9. The summed E-state index contributed by atoms with van der Waals surface area (Å²) < 4.78 is 109. The number of furan rings is 4. The van der Waals surface area contributed by atoms with Gasteiger partial charge in [-0.15, -0.1) is 0 Å². The molecule has 4 amide bonds. The predicted octanol–water partition coefficient (Wildman–Crippen LogP) is 16.9. The molecule has 16 aromatic rings. The summed E-state index contributed by atoms with van der Waals surface area (Å²) in [4.78, 5) is 121. The normalized spacial score (nSPS) is 12.9. The van der Waals surface area contributed by atoms with Gasteiger partial charge in [-0.1, -0.05) is 132 Å². The first-order valence-corrected chi connectivity index (χ1v) is 45.7. The number of ether oxygens (including phenoxy) is 2. The summed E-state index contributed by atoms with van der Waals surface area (Å²) in [6, 6.07) is 38.6. The van der Waals surface area contributed by atoms with Crippen LogP contribution in [0.3, 0.4) is 0 Å². The molecule has 38 heteroatoms. The van der Waals surface area contributed by atoms with Crippen molar-refractivity contribution in [2.45, 2.75) is 184 Å². The molecule has 0 spiro atoms. The number of carbonyl (C=O) groups is 6. The zero-order valence-corrected chi connectivity index (χ0v) is 83.5. The minimum absolute atomic E-state index is 0.0352. The lowest BCUT2D eigenvalue weighted by Crippen LogP contribution is -2.41. The SMILES string of the molecule is CC(=O)OCc1c(-c2coc(C(N)=O)c2)cccc1-n1ncc2cc(C(C)(C)C)cc(F)c2c1=O.CC(=O)OCc1c(B2OC(C)(C)C(C)(C)O2)cccc1-n1ncc2cc(C(C)(C)C)cc(F)c2c1=O.CC(C)(C)c1cc(F)c2c(=O)n(-c3cccc(-c4coc(C(N)=O)c4)c3CO)ncc2c1.CC(C)(C)c1cc(F)c2c(=O)n(-c3cccc(-c4coc(C(N)=O)c4)c3CO)ncc2c1.NC(=O)c1cc(Br)co1. The number of aliphatic hydroxyl groups is 2. The highest BCUT2D eigenvalue weighted by Crippen LogP contribution is 2.41. The van der Waals surface area contributed by atoms with Gasteiger partial charge in [0.25, 0.3) is 45.9 Å². The second kappa shape index (κ2) is 41.5.